The van der Waals surface area contributed by atoms with Gasteiger partial charge in [-0.2, -0.15) is 0 Å². The Morgan fingerprint density at radius 3 is 2.04 bits per heavy atom. The van der Waals surface area contributed by atoms with E-state index in [9.17, 15) is 9.59 Å². The molecule has 3 rings (SSSR count). The second kappa shape index (κ2) is 6.48. The summed E-state index contributed by atoms with van der Waals surface area (Å²) in [5.41, 5.74) is 2.98. The van der Waals surface area contributed by atoms with Gasteiger partial charge in [-0.05, 0) is 43.0 Å². The molecule has 0 spiro atoms. The van der Waals surface area contributed by atoms with Crippen molar-refractivity contribution >= 4 is 10.9 Å². The summed E-state index contributed by atoms with van der Waals surface area (Å²) in [6, 6.07) is 13.3. The van der Waals surface area contributed by atoms with Gasteiger partial charge < -0.3 is 0 Å². The van der Waals surface area contributed by atoms with Crippen LogP contribution in [-0.4, -0.2) is 9.13 Å². The lowest BCUT2D eigenvalue weighted by Gasteiger charge is -2.17. The van der Waals surface area contributed by atoms with Gasteiger partial charge in [0.25, 0.3) is 5.56 Å². The van der Waals surface area contributed by atoms with Crippen molar-refractivity contribution in [2.45, 2.75) is 40.2 Å². The molecule has 24 heavy (non-hydrogen) atoms. The molecule has 0 unspecified atom stereocenters. The van der Waals surface area contributed by atoms with Crippen molar-refractivity contribution in [3.8, 4) is 5.69 Å². The molecule has 124 valence electrons. The maximum atomic E-state index is 13.1. The Morgan fingerprint density at radius 2 is 1.46 bits per heavy atom. The summed E-state index contributed by atoms with van der Waals surface area (Å²) in [6.45, 7) is 6.54. The maximum Gasteiger partial charge on any atom is 0.336 e. The lowest BCUT2D eigenvalue weighted by molar-refractivity contribution is 0.687. The smallest absolute Gasteiger partial charge is 0.293 e. The molecule has 0 amide bonds. The zero-order valence-electron chi connectivity index (χ0n) is 14.4. The minimum atomic E-state index is -0.267. The number of fused-ring (bicyclic) bond motifs is 1. The van der Waals surface area contributed by atoms with Crippen molar-refractivity contribution < 1.29 is 0 Å². The van der Waals surface area contributed by atoms with E-state index < -0.39 is 0 Å². The Morgan fingerprint density at radius 1 is 0.833 bits per heavy atom. The van der Waals surface area contributed by atoms with Crippen LogP contribution in [0.2, 0.25) is 0 Å². The highest BCUT2D eigenvalue weighted by Crippen LogP contribution is 2.20. The van der Waals surface area contributed by atoms with Crippen molar-refractivity contribution in [1.29, 1.82) is 0 Å². The van der Waals surface area contributed by atoms with Crippen LogP contribution in [0.5, 0.6) is 0 Å². The Balaban J connectivity index is 2.54. The lowest BCUT2D eigenvalue weighted by atomic mass is 10.0. The van der Waals surface area contributed by atoms with Crippen LogP contribution in [0.1, 0.15) is 31.9 Å². The van der Waals surface area contributed by atoms with Crippen molar-refractivity contribution in [2.24, 2.45) is 0 Å². The molecule has 0 aliphatic rings. The normalized spacial score (nSPS) is 11.1. The quantitative estimate of drug-likeness (QED) is 0.740. The van der Waals surface area contributed by atoms with Crippen LogP contribution < -0.4 is 11.2 Å². The number of benzene rings is 2. The zero-order valence-corrected chi connectivity index (χ0v) is 14.4. The van der Waals surface area contributed by atoms with Crippen molar-refractivity contribution in [1.82, 2.24) is 9.13 Å². The predicted octanol–water partition coefficient (Wildman–Crippen LogP) is 3.30. The van der Waals surface area contributed by atoms with E-state index in [1.807, 2.05) is 57.2 Å². The second-order valence-corrected chi connectivity index (χ2v) is 5.82. The molecule has 1 aromatic heterocycles. The van der Waals surface area contributed by atoms with E-state index in [4.69, 9.17) is 0 Å². The number of hydrogen-bond donors (Lipinski definition) is 0. The molecule has 0 bridgehead atoms. The lowest BCUT2D eigenvalue weighted by Crippen LogP contribution is -2.39. The summed E-state index contributed by atoms with van der Waals surface area (Å²) < 4.78 is 3.03. The average molecular weight is 322 g/mol. The number of rotatable bonds is 4. The molecule has 0 fully saturated rings. The Bertz CT molecular complexity index is 990. The van der Waals surface area contributed by atoms with Gasteiger partial charge in [0.15, 0.2) is 0 Å². The SMILES string of the molecule is CCc1cccc(CC)c1-n1c(=O)c2ccccc2n(CC)c1=O. The highest BCUT2D eigenvalue weighted by atomic mass is 16.2. The summed E-state index contributed by atoms with van der Waals surface area (Å²) in [4.78, 5) is 26.2. The van der Waals surface area contributed by atoms with E-state index in [-0.39, 0.29) is 11.2 Å². The predicted molar refractivity (Wildman–Crippen MR) is 98.2 cm³/mol. The summed E-state index contributed by atoms with van der Waals surface area (Å²) in [6.07, 6.45) is 1.54. The Hall–Kier alpha value is -2.62. The van der Waals surface area contributed by atoms with Gasteiger partial charge in [0.1, 0.15) is 0 Å². The van der Waals surface area contributed by atoms with Gasteiger partial charge in [0.2, 0.25) is 0 Å². The van der Waals surface area contributed by atoms with Crippen LogP contribution in [0.3, 0.4) is 0 Å². The fraction of sp³-hybridized carbons (Fsp3) is 0.300. The molecule has 4 nitrogen and oxygen atoms in total. The minimum Gasteiger partial charge on any atom is -0.293 e. The average Bonchev–Trinajstić information content (AvgIpc) is 2.62. The molecular formula is C20H22N2O2. The molecule has 4 heteroatoms. The standard InChI is InChI=1S/C20H22N2O2/c1-4-14-10-9-11-15(5-2)18(14)22-19(23)16-12-7-8-13-17(16)21(6-3)20(22)24/h7-13H,4-6H2,1-3H3. The molecule has 0 radical (unpaired) electrons. The topological polar surface area (TPSA) is 44.0 Å². The molecule has 0 aliphatic heterocycles. The molecule has 0 N–H and O–H groups in total. The summed E-state index contributed by atoms with van der Waals surface area (Å²) in [5.74, 6) is 0. The van der Waals surface area contributed by atoms with Gasteiger partial charge in [-0.15, -0.1) is 0 Å². The van der Waals surface area contributed by atoms with E-state index in [2.05, 4.69) is 0 Å². The number of para-hydroxylation sites is 2. The first-order chi connectivity index (χ1) is 11.6. The van der Waals surface area contributed by atoms with Crippen molar-refractivity contribution in [3.05, 3.63) is 74.4 Å². The van der Waals surface area contributed by atoms with Gasteiger partial charge in [0, 0.05) is 6.54 Å². The number of hydrogen-bond acceptors (Lipinski definition) is 2. The zero-order chi connectivity index (χ0) is 17.3. The van der Waals surface area contributed by atoms with Gasteiger partial charge >= 0.3 is 5.69 Å². The van der Waals surface area contributed by atoms with Gasteiger partial charge in [-0.3, -0.25) is 9.36 Å². The highest BCUT2D eigenvalue weighted by Gasteiger charge is 2.17. The molecule has 0 saturated carbocycles. The highest BCUT2D eigenvalue weighted by molar-refractivity contribution is 5.78. The number of nitrogens with zero attached hydrogens (tertiary/aromatic N) is 2. The molecule has 0 saturated heterocycles. The summed E-state index contributed by atoms with van der Waals surface area (Å²) >= 11 is 0. The van der Waals surface area contributed by atoms with Gasteiger partial charge in [0.05, 0.1) is 16.6 Å². The monoisotopic (exact) mass is 322 g/mol. The molecule has 0 atom stereocenters. The first-order valence-corrected chi connectivity index (χ1v) is 8.49. The summed E-state index contributed by atoms with van der Waals surface area (Å²) in [7, 11) is 0. The fourth-order valence-electron chi connectivity index (χ4n) is 3.33. The molecule has 0 aliphatic carbocycles. The van der Waals surface area contributed by atoms with Crippen LogP contribution in [0.25, 0.3) is 16.6 Å². The van der Waals surface area contributed by atoms with E-state index in [1.165, 1.54) is 4.57 Å². The first kappa shape index (κ1) is 16.2. The molecule has 1 heterocycles. The first-order valence-electron chi connectivity index (χ1n) is 8.49. The van der Waals surface area contributed by atoms with Gasteiger partial charge in [-0.1, -0.05) is 44.2 Å². The van der Waals surface area contributed by atoms with Crippen LogP contribution in [0.15, 0.2) is 52.1 Å². The van der Waals surface area contributed by atoms with Crippen LogP contribution >= 0.6 is 0 Å². The Kier molecular flexibility index (Phi) is 4.38. The molecule has 2 aromatic carbocycles. The third-order valence-corrected chi connectivity index (χ3v) is 4.56. The van der Waals surface area contributed by atoms with E-state index in [0.717, 1.165) is 29.7 Å². The number of aryl methyl sites for hydroxylation is 3. The second-order valence-electron chi connectivity index (χ2n) is 5.82. The summed E-state index contributed by atoms with van der Waals surface area (Å²) in [5, 5.41) is 0.576. The maximum absolute atomic E-state index is 13.1. The van der Waals surface area contributed by atoms with Gasteiger partial charge in [-0.25, -0.2) is 9.36 Å². The Labute approximate surface area is 141 Å². The fourth-order valence-corrected chi connectivity index (χ4v) is 3.33. The van der Waals surface area contributed by atoms with Crippen molar-refractivity contribution in [2.75, 3.05) is 0 Å². The van der Waals surface area contributed by atoms with E-state index in [1.54, 1.807) is 10.6 Å². The van der Waals surface area contributed by atoms with Crippen LogP contribution in [0.4, 0.5) is 0 Å². The van der Waals surface area contributed by atoms with E-state index >= 15 is 0 Å². The number of aromatic nitrogens is 2. The van der Waals surface area contributed by atoms with Crippen LogP contribution in [0, 0.1) is 0 Å². The van der Waals surface area contributed by atoms with E-state index in [0.29, 0.717) is 17.4 Å². The third-order valence-electron chi connectivity index (χ3n) is 4.56. The van der Waals surface area contributed by atoms with Crippen LogP contribution in [-0.2, 0) is 19.4 Å². The molecular weight excluding hydrogens is 300 g/mol. The third kappa shape index (κ3) is 2.39. The molecule has 3 aromatic rings. The largest absolute Gasteiger partial charge is 0.336 e. The van der Waals surface area contributed by atoms with Crippen molar-refractivity contribution in [3.63, 3.8) is 0 Å². The minimum absolute atomic E-state index is 0.240.